The number of carbonyl (C=O) groups is 1. The van der Waals surface area contributed by atoms with Crippen LogP contribution in [-0.2, 0) is 6.54 Å². The summed E-state index contributed by atoms with van der Waals surface area (Å²) >= 11 is 0. The van der Waals surface area contributed by atoms with Crippen LogP contribution in [0.1, 0.15) is 22.3 Å². The number of halogens is 1. The Balaban J connectivity index is 1.42. The highest BCUT2D eigenvalue weighted by molar-refractivity contribution is 5.90. The van der Waals surface area contributed by atoms with E-state index in [1.54, 1.807) is 26.2 Å². The van der Waals surface area contributed by atoms with Crippen LogP contribution in [0, 0.1) is 12.7 Å². The van der Waals surface area contributed by atoms with Gasteiger partial charge in [0.15, 0.2) is 5.82 Å². The van der Waals surface area contributed by atoms with Gasteiger partial charge in [0.25, 0.3) is 5.91 Å². The predicted octanol–water partition coefficient (Wildman–Crippen LogP) is 2.44. The number of H-pyrrole nitrogens is 1. The highest BCUT2D eigenvalue weighted by Crippen LogP contribution is 2.19. The molecular weight excluding hydrogens is 389 g/mol. The van der Waals surface area contributed by atoms with Crippen LogP contribution in [0.5, 0.6) is 5.75 Å². The minimum atomic E-state index is -0.457. The second-order valence-corrected chi connectivity index (χ2v) is 6.39. The van der Waals surface area contributed by atoms with E-state index >= 15 is 0 Å². The molecule has 2 N–H and O–H groups in total. The van der Waals surface area contributed by atoms with E-state index in [-0.39, 0.29) is 18.2 Å². The first-order valence-electron chi connectivity index (χ1n) is 9.07. The number of benzene rings is 2. The molecule has 0 unspecified atom stereocenters. The average Bonchev–Trinajstić information content (AvgIpc) is 3.40. The van der Waals surface area contributed by atoms with Crippen LogP contribution in [0.2, 0.25) is 0 Å². The molecule has 0 aliphatic carbocycles. The molecule has 10 heteroatoms. The van der Waals surface area contributed by atoms with Crippen molar-refractivity contribution in [2.24, 2.45) is 0 Å². The van der Waals surface area contributed by atoms with Crippen molar-refractivity contribution in [3.63, 3.8) is 0 Å². The van der Waals surface area contributed by atoms with Crippen LogP contribution < -0.4 is 10.1 Å². The summed E-state index contributed by atoms with van der Waals surface area (Å²) < 4.78 is 19.7. The third-order valence-electron chi connectivity index (χ3n) is 4.34. The molecule has 30 heavy (non-hydrogen) atoms. The van der Waals surface area contributed by atoms with Gasteiger partial charge in [0, 0.05) is 5.56 Å². The first-order valence-corrected chi connectivity index (χ1v) is 9.07. The molecule has 0 saturated heterocycles. The SMILES string of the molecule is COc1ccc(-c2n[nH]c(CNC(=O)c3nc(C)n(-c4ccc(F)cc4)n3)n2)cc1. The zero-order valence-corrected chi connectivity index (χ0v) is 16.3. The predicted molar refractivity (Wildman–Crippen MR) is 106 cm³/mol. The number of aryl methyl sites for hydroxylation is 1. The van der Waals surface area contributed by atoms with Gasteiger partial charge in [0.05, 0.1) is 19.3 Å². The van der Waals surface area contributed by atoms with Gasteiger partial charge < -0.3 is 10.1 Å². The fourth-order valence-electron chi connectivity index (χ4n) is 2.80. The average molecular weight is 407 g/mol. The molecule has 4 rings (SSSR count). The maximum absolute atomic E-state index is 13.1. The lowest BCUT2D eigenvalue weighted by Crippen LogP contribution is -2.24. The smallest absolute Gasteiger partial charge is 0.291 e. The monoisotopic (exact) mass is 407 g/mol. The standard InChI is InChI=1S/C20H18FN7O2/c1-12-23-19(27-28(12)15-7-5-14(21)6-8-15)20(29)22-11-17-24-18(26-25-17)13-3-9-16(30-2)10-4-13/h3-10H,11H2,1-2H3,(H,22,29)(H,24,25,26). The molecule has 1 amide bonds. The van der Waals surface area contributed by atoms with Crippen molar-refractivity contribution in [3.8, 4) is 22.8 Å². The first-order chi connectivity index (χ1) is 14.5. The molecule has 2 aromatic heterocycles. The fourth-order valence-corrected chi connectivity index (χ4v) is 2.80. The topological polar surface area (TPSA) is 111 Å². The summed E-state index contributed by atoms with van der Waals surface area (Å²) in [6, 6.07) is 13.1. The molecule has 2 heterocycles. The Morgan fingerprint density at radius 2 is 1.87 bits per heavy atom. The van der Waals surface area contributed by atoms with E-state index in [4.69, 9.17) is 4.74 Å². The molecule has 2 aromatic carbocycles. The third kappa shape index (κ3) is 4.02. The van der Waals surface area contributed by atoms with E-state index in [1.807, 2.05) is 24.3 Å². The quantitative estimate of drug-likeness (QED) is 0.508. The molecule has 4 aromatic rings. The van der Waals surface area contributed by atoms with Crippen LogP contribution >= 0.6 is 0 Å². The van der Waals surface area contributed by atoms with E-state index in [2.05, 4.69) is 30.6 Å². The van der Waals surface area contributed by atoms with E-state index in [0.29, 0.717) is 23.2 Å². The lowest BCUT2D eigenvalue weighted by atomic mass is 10.2. The molecule has 0 bridgehead atoms. The number of amides is 1. The van der Waals surface area contributed by atoms with Crippen molar-refractivity contribution in [3.05, 3.63) is 71.8 Å². The van der Waals surface area contributed by atoms with Crippen LogP contribution in [0.3, 0.4) is 0 Å². The van der Waals surface area contributed by atoms with Gasteiger partial charge in [0.1, 0.15) is 23.2 Å². The maximum Gasteiger partial charge on any atom is 0.291 e. The highest BCUT2D eigenvalue weighted by atomic mass is 19.1. The second-order valence-electron chi connectivity index (χ2n) is 6.39. The molecule has 0 spiro atoms. The summed E-state index contributed by atoms with van der Waals surface area (Å²) in [5.41, 5.74) is 1.43. The van der Waals surface area contributed by atoms with Crippen molar-refractivity contribution in [1.82, 2.24) is 35.3 Å². The van der Waals surface area contributed by atoms with Gasteiger partial charge in [-0.2, -0.15) is 5.10 Å². The van der Waals surface area contributed by atoms with Gasteiger partial charge in [-0.1, -0.05) is 0 Å². The summed E-state index contributed by atoms with van der Waals surface area (Å²) in [5, 5.41) is 13.9. The fraction of sp³-hybridized carbons (Fsp3) is 0.150. The van der Waals surface area contributed by atoms with Gasteiger partial charge in [0.2, 0.25) is 5.82 Å². The van der Waals surface area contributed by atoms with Crippen LogP contribution in [-0.4, -0.2) is 43.0 Å². The Morgan fingerprint density at radius 1 is 1.13 bits per heavy atom. The zero-order chi connectivity index (χ0) is 21.1. The number of hydrogen-bond donors (Lipinski definition) is 2. The van der Waals surface area contributed by atoms with E-state index in [1.165, 1.54) is 16.8 Å². The first kappa shape index (κ1) is 19.2. The van der Waals surface area contributed by atoms with Crippen molar-refractivity contribution in [2.75, 3.05) is 7.11 Å². The Bertz CT molecular complexity index is 1170. The van der Waals surface area contributed by atoms with Crippen LogP contribution in [0.15, 0.2) is 48.5 Å². The Hall–Kier alpha value is -4.08. The van der Waals surface area contributed by atoms with Crippen LogP contribution in [0.4, 0.5) is 4.39 Å². The van der Waals surface area contributed by atoms with Gasteiger partial charge in [-0.05, 0) is 55.5 Å². The number of rotatable bonds is 6. The molecule has 0 fully saturated rings. The van der Waals surface area contributed by atoms with E-state index in [9.17, 15) is 9.18 Å². The van der Waals surface area contributed by atoms with E-state index < -0.39 is 5.91 Å². The molecule has 0 radical (unpaired) electrons. The van der Waals surface area contributed by atoms with Crippen molar-refractivity contribution in [1.29, 1.82) is 0 Å². The summed E-state index contributed by atoms with van der Waals surface area (Å²) in [4.78, 5) is 21.0. The number of hydrogen-bond acceptors (Lipinski definition) is 6. The van der Waals surface area contributed by atoms with Gasteiger partial charge >= 0.3 is 0 Å². The lowest BCUT2D eigenvalue weighted by molar-refractivity contribution is 0.0939. The summed E-state index contributed by atoms with van der Waals surface area (Å²) in [6.45, 7) is 1.84. The minimum Gasteiger partial charge on any atom is -0.497 e. The van der Waals surface area contributed by atoms with Gasteiger partial charge in [-0.25, -0.2) is 19.0 Å². The second kappa shape index (κ2) is 8.11. The number of aromatic nitrogens is 6. The molecule has 0 aliphatic rings. The van der Waals surface area contributed by atoms with Crippen molar-refractivity contribution in [2.45, 2.75) is 13.5 Å². The summed E-state index contributed by atoms with van der Waals surface area (Å²) in [6.07, 6.45) is 0. The number of aromatic amines is 1. The maximum atomic E-state index is 13.1. The van der Waals surface area contributed by atoms with E-state index in [0.717, 1.165) is 11.3 Å². The molecule has 0 atom stereocenters. The Labute approximate surface area is 170 Å². The molecule has 0 saturated carbocycles. The molecule has 0 aliphatic heterocycles. The van der Waals surface area contributed by atoms with Crippen molar-refractivity contribution < 1.29 is 13.9 Å². The van der Waals surface area contributed by atoms with Gasteiger partial charge in [-0.15, -0.1) is 5.10 Å². The minimum absolute atomic E-state index is 0.00622. The number of nitrogens with one attached hydrogen (secondary N) is 2. The molecule has 9 nitrogen and oxygen atoms in total. The van der Waals surface area contributed by atoms with Gasteiger partial charge in [-0.3, -0.25) is 9.89 Å². The van der Waals surface area contributed by atoms with Crippen molar-refractivity contribution >= 4 is 5.91 Å². The largest absolute Gasteiger partial charge is 0.497 e. The number of ether oxygens (including phenoxy) is 1. The summed E-state index contributed by atoms with van der Waals surface area (Å²) in [7, 11) is 1.60. The highest BCUT2D eigenvalue weighted by Gasteiger charge is 2.16. The normalized spacial score (nSPS) is 10.8. The zero-order valence-electron chi connectivity index (χ0n) is 16.3. The number of methoxy groups -OCH3 is 1. The number of carbonyl (C=O) groups excluding carboxylic acids is 1. The molecule has 152 valence electrons. The summed E-state index contributed by atoms with van der Waals surface area (Å²) in [5.74, 6) is 1.45. The van der Waals surface area contributed by atoms with Crippen LogP contribution in [0.25, 0.3) is 17.1 Å². The molecular formula is C20H18FN7O2. The number of nitrogens with zero attached hydrogens (tertiary/aromatic N) is 5. The Kier molecular flexibility index (Phi) is 5.21. The Morgan fingerprint density at radius 3 is 2.57 bits per heavy atom. The lowest BCUT2D eigenvalue weighted by Gasteiger charge is -2.02. The third-order valence-corrected chi connectivity index (χ3v) is 4.34.